The van der Waals surface area contributed by atoms with Crippen LogP contribution in [0.1, 0.15) is 24.5 Å². The molecule has 1 aromatic carbocycles. The van der Waals surface area contributed by atoms with Gasteiger partial charge < -0.3 is 15.8 Å². The summed E-state index contributed by atoms with van der Waals surface area (Å²) in [6, 6.07) is 5.69. The second kappa shape index (κ2) is 8.36. The largest absolute Gasteiger partial charge is 0.384 e. The van der Waals surface area contributed by atoms with E-state index >= 15 is 0 Å². The second-order valence-corrected chi connectivity index (χ2v) is 4.85. The summed E-state index contributed by atoms with van der Waals surface area (Å²) in [7, 11) is 1.64. The van der Waals surface area contributed by atoms with Gasteiger partial charge in [-0.2, -0.15) is 0 Å². The molecular weight excluding hydrogens is 252 g/mol. The summed E-state index contributed by atoms with van der Waals surface area (Å²) in [6.07, 6.45) is 0.446. The molecular formula is C16H22N2O2. The van der Waals surface area contributed by atoms with Crippen molar-refractivity contribution in [2.45, 2.75) is 20.3 Å². The fourth-order valence-corrected chi connectivity index (χ4v) is 1.90. The maximum Gasteiger partial charge on any atom is 0.224 e. The Morgan fingerprint density at radius 1 is 1.50 bits per heavy atom. The van der Waals surface area contributed by atoms with E-state index in [2.05, 4.69) is 17.2 Å². The number of benzene rings is 1. The molecule has 0 saturated carbocycles. The Bertz CT molecular complexity index is 515. The summed E-state index contributed by atoms with van der Waals surface area (Å²) in [5.74, 6) is 5.98. The number of hydrogen-bond acceptors (Lipinski definition) is 3. The number of nitrogens with one attached hydrogen (secondary N) is 1. The van der Waals surface area contributed by atoms with Crippen molar-refractivity contribution in [1.29, 1.82) is 0 Å². The molecule has 0 aliphatic heterocycles. The van der Waals surface area contributed by atoms with Crippen LogP contribution in [0.15, 0.2) is 18.2 Å². The Morgan fingerprint density at radius 3 is 2.85 bits per heavy atom. The van der Waals surface area contributed by atoms with Gasteiger partial charge in [-0.1, -0.05) is 18.8 Å². The molecule has 4 heteroatoms. The minimum absolute atomic E-state index is 0.00144. The number of rotatable bonds is 5. The highest BCUT2D eigenvalue weighted by Gasteiger charge is 2.10. The van der Waals surface area contributed by atoms with E-state index in [-0.39, 0.29) is 11.8 Å². The molecule has 0 aliphatic carbocycles. The van der Waals surface area contributed by atoms with Crippen molar-refractivity contribution >= 4 is 11.6 Å². The van der Waals surface area contributed by atoms with Crippen LogP contribution in [0.3, 0.4) is 0 Å². The monoisotopic (exact) mass is 274 g/mol. The Kier molecular flexibility index (Phi) is 6.78. The van der Waals surface area contributed by atoms with Gasteiger partial charge >= 0.3 is 0 Å². The first-order valence-electron chi connectivity index (χ1n) is 6.65. The molecule has 20 heavy (non-hydrogen) atoms. The Balaban J connectivity index is 2.66. The van der Waals surface area contributed by atoms with Gasteiger partial charge in [0.25, 0.3) is 0 Å². The summed E-state index contributed by atoms with van der Waals surface area (Å²) in [5.41, 5.74) is 8.05. The van der Waals surface area contributed by atoms with Crippen LogP contribution in [-0.4, -0.2) is 26.2 Å². The van der Waals surface area contributed by atoms with Gasteiger partial charge in [-0.3, -0.25) is 4.79 Å². The molecule has 0 spiro atoms. The standard InChI is InChI=1S/C16H22N2O2/c1-12(11-20-3)9-16(19)18-15-7-6-14(5-4-8-17)10-13(15)2/h6-7,10,12H,8-9,11,17H2,1-3H3,(H,18,19). The second-order valence-electron chi connectivity index (χ2n) is 4.85. The van der Waals surface area contributed by atoms with Gasteiger partial charge in [0, 0.05) is 31.4 Å². The lowest BCUT2D eigenvalue weighted by atomic mass is 10.1. The van der Waals surface area contributed by atoms with E-state index in [1.165, 1.54) is 0 Å². The van der Waals surface area contributed by atoms with Crippen LogP contribution in [0.25, 0.3) is 0 Å². The highest BCUT2D eigenvalue weighted by atomic mass is 16.5. The number of hydrogen-bond donors (Lipinski definition) is 2. The fraction of sp³-hybridized carbons (Fsp3) is 0.438. The number of methoxy groups -OCH3 is 1. The number of amides is 1. The number of aryl methyl sites for hydroxylation is 1. The average Bonchev–Trinajstić information content (AvgIpc) is 2.39. The quantitative estimate of drug-likeness (QED) is 0.806. The zero-order valence-electron chi connectivity index (χ0n) is 12.3. The van der Waals surface area contributed by atoms with E-state index in [0.717, 1.165) is 16.8 Å². The van der Waals surface area contributed by atoms with Crippen LogP contribution in [0.2, 0.25) is 0 Å². The van der Waals surface area contributed by atoms with Crippen LogP contribution in [0, 0.1) is 24.7 Å². The van der Waals surface area contributed by atoms with Crippen molar-refractivity contribution in [2.24, 2.45) is 11.7 Å². The van der Waals surface area contributed by atoms with Crippen molar-refractivity contribution < 1.29 is 9.53 Å². The zero-order valence-corrected chi connectivity index (χ0v) is 12.3. The predicted molar refractivity (Wildman–Crippen MR) is 81.4 cm³/mol. The number of nitrogens with two attached hydrogens (primary N) is 1. The summed E-state index contributed by atoms with van der Waals surface area (Å²) >= 11 is 0. The van der Waals surface area contributed by atoms with E-state index in [1.54, 1.807) is 7.11 Å². The van der Waals surface area contributed by atoms with Gasteiger partial charge in [-0.15, -0.1) is 0 Å². The maximum atomic E-state index is 11.9. The smallest absolute Gasteiger partial charge is 0.224 e. The van der Waals surface area contributed by atoms with Gasteiger partial charge in [-0.05, 0) is 36.6 Å². The van der Waals surface area contributed by atoms with Crippen LogP contribution in [0.5, 0.6) is 0 Å². The third-order valence-corrected chi connectivity index (χ3v) is 2.82. The van der Waals surface area contributed by atoms with E-state index in [1.807, 2.05) is 32.0 Å². The van der Waals surface area contributed by atoms with Gasteiger partial charge in [0.1, 0.15) is 0 Å². The van der Waals surface area contributed by atoms with Gasteiger partial charge in [0.05, 0.1) is 6.54 Å². The van der Waals surface area contributed by atoms with Gasteiger partial charge in [0.2, 0.25) is 5.91 Å². The summed E-state index contributed by atoms with van der Waals surface area (Å²) in [6.45, 7) is 4.86. The van der Waals surface area contributed by atoms with Crippen molar-refractivity contribution in [3.05, 3.63) is 29.3 Å². The van der Waals surface area contributed by atoms with Crippen molar-refractivity contribution in [1.82, 2.24) is 0 Å². The van der Waals surface area contributed by atoms with E-state index in [0.29, 0.717) is 19.6 Å². The first kappa shape index (κ1) is 16.2. The van der Waals surface area contributed by atoms with Crippen LogP contribution in [0.4, 0.5) is 5.69 Å². The van der Waals surface area contributed by atoms with Crippen LogP contribution >= 0.6 is 0 Å². The molecule has 0 saturated heterocycles. The Labute approximate surface area is 120 Å². The summed E-state index contributed by atoms with van der Waals surface area (Å²) in [4.78, 5) is 11.9. The van der Waals surface area contributed by atoms with Crippen molar-refractivity contribution in [3.63, 3.8) is 0 Å². The Hall–Kier alpha value is -1.83. The highest BCUT2D eigenvalue weighted by Crippen LogP contribution is 2.17. The third kappa shape index (κ3) is 5.43. The van der Waals surface area contributed by atoms with Gasteiger partial charge in [0.15, 0.2) is 0 Å². The van der Waals surface area contributed by atoms with E-state index in [9.17, 15) is 4.79 Å². The van der Waals surface area contributed by atoms with E-state index < -0.39 is 0 Å². The number of carbonyl (C=O) groups excluding carboxylic acids is 1. The molecule has 1 atom stereocenters. The van der Waals surface area contributed by atoms with Gasteiger partial charge in [-0.25, -0.2) is 0 Å². The van der Waals surface area contributed by atoms with E-state index in [4.69, 9.17) is 10.5 Å². The molecule has 1 unspecified atom stereocenters. The SMILES string of the molecule is COCC(C)CC(=O)Nc1ccc(C#CCN)cc1C. The molecule has 0 heterocycles. The van der Waals surface area contributed by atoms with Crippen molar-refractivity contribution in [3.8, 4) is 11.8 Å². The molecule has 3 N–H and O–H groups in total. The van der Waals surface area contributed by atoms with Crippen LogP contribution in [-0.2, 0) is 9.53 Å². The number of ether oxygens (including phenoxy) is 1. The molecule has 0 bridgehead atoms. The Morgan fingerprint density at radius 2 is 2.25 bits per heavy atom. The summed E-state index contributed by atoms with van der Waals surface area (Å²) < 4.78 is 5.03. The first-order valence-corrected chi connectivity index (χ1v) is 6.65. The highest BCUT2D eigenvalue weighted by molar-refractivity contribution is 5.91. The molecule has 1 aromatic rings. The molecule has 4 nitrogen and oxygen atoms in total. The molecule has 1 rings (SSSR count). The minimum Gasteiger partial charge on any atom is -0.384 e. The molecule has 1 amide bonds. The number of anilines is 1. The normalized spacial score (nSPS) is 11.4. The summed E-state index contributed by atoms with van der Waals surface area (Å²) in [5, 5.41) is 2.92. The number of carbonyl (C=O) groups is 1. The van der Waals surface area contributed by atoms with Crippen molar-refractivity contribution in [2.75, 3.05) is 25.6 Å². The molecule has 0 fully saturated rings. The molecule has 0 aliphatic rings. The lowest BCUT2D eigenvalue weighted by Crippen LogP contribution is -2.18. The fourth-order valence-electron chi connectivity index (χ4n) is 1.90. The molecule has 108 valence electrons. The topological polar surface area (TPSA) is 64.3 Å². The molecule has 0 radical (unpaired) electrons. The molecule has 0 aromatic heterocycles. The maximum absolute atomic E-state index is 11.9. The predicted octanol–water partition coefficient (Wildman–Crippen LogP) is 1.92. The third-order valence-electron chi connectivity index (χ3n) is 2.82. The zero-order chi connectivity index (χ0) is 15.0. The minimum atomic E-state index is -0.00144. The average molecular weight is 274 g/mol. The lowest BCUT2D eigenvalue weighted by molar-refractivity contribution is -0.117. The first-order chi connectivity index (χ1) is 9.56. The van der Waals surface area contributed by atoms with Crippen LogP contribution < -0.4 is 11.1 Å². The lowest BCUT2D eigenvalue weighted by Gasteiger charge is -2.12.